The molecule has 0 aromatic heterocycles. The average Bonchev–Trinajstić information content (AvgIpc) is 3.39. The van der Waals surface area contributed by atoms with Crippen LogP contribution in [0.5, 0.6) is 0 Å². The molecule has 2 amide bonds. The normalized spacial score (nSPS) is 26.1. The highest BCUT2D eigenvalue weighted by Crippen LogP contribution is 2.53. The molecule has 1 aromatic carbocycles. The smallest absolute Gasteiger partial charge is 0.248 e. The fourth-order valence-corrected chi connectivity index (χ4v) is 3.32. The summed E-state index contributed by atoms with van der Waals surface area (Å²) < 4.78 is 0. The molecule has 4 rings (SSSR count). The Morgan fingerprint density at radius 1 is 1.43 bits per heavy atom. The van der Waals surface area contributed by atoms with E-state index in [1.165, 1.54) is 23.3 Å². The number of amides is 2. The van der Waals surface area contributed by atoms with Crippen molar-refractivity contribution in [2.45, 2.75) is 31.3 Å². The summed E-state index contributed by atoms with van der Waals surface area (Å²) in [6.07, 6.45) is 4.86. The van der Waals surface area contributed by atoms with E-state index in [1.807, 2.05) is 6.07 Å². The fourth-order valence-electron chi connectivity index (χ4n) is 3.32. The first-order valence-electron chi connectivity index (χ1n) is 7.77. The summed E-state index contributed by atoms with van der Waals surface area (Å²) in [4.78, 5) is 25.2. The first-order chi connectivity index (χ1) is 11.0. The molecule has 1 atom stereocenters. The zero-order valence-corrected chi connectivity index (χ0v) is 12.6. The number of nitrogens with zero attached hydrogens (tertiary/aromatic N) is 1. The Morgan fingerprint density at radius 2 is 2.22 bits per heavy atom. The van der Waals surface area contributed by atoms with Gasteiger partial charge in [-0.25, -0.2) is 0 Å². The highest BCUT2D eigenvalue weighted by molar-refractivity contribution is 6.01. The minimum atomic E-state index is -0.500. The molecule has 4 N–H and O–H groups in total. The van der Waals surface area contributed by atoms with Crippen molar-refractivity contribution in [2.75, 3.05) is 0 Å². The lowest BCUT2D eigenvalue weighted by molar-refractivity contribution is -0.129. The number of nitrogens with one attached hydrogen (secondary N) is 2. The van der Waals surface area contributed by atoms with Gasteiger partial charge in [0.05, 0.1) is 18.5 Å². The zero-order chi connectivity index (χ0) is 16.2. The van der Waals surface area contributed by atoms with Crippen molar-refractivity contribution in [3.63, 3.8) is 0 Å². The average molecular weight is 310 g/mol. The van der Waals surface area contributed by atoms with Gasteiger partial charge in [0.1, 0.15) is 0 Å². The van der Waals surface area contributed by atoms with Gasteiger partial charge < -0.3 is 11.1 Å². The summed E-state index contributed by atoms with van der Waals surface area (Å²) in [6, 6.07) is 6.86. The molecule has 1 spiro atoms. The largest absolute Gasteiger partial charge is 0.366 e. The van der Waals surface area contributed by atoms with Gasteiger partial charge in [-0.3, -0.25) is 19.9 Å². The molecule has 6 nitrogen and oxygen atoms in total. The lowest BCUT2D eigenvalue weighted by Gasteiger charge is -2.35. The number of carbonyl (C=O) groups excluding carboxylic acids is 2. The van der Waals surface area contributed by atoms with Gasteiger partial charge in [-0.2, -0.15) is 0 Å². The van der Waals surface area contributed by atoms with Crippen molar-refractivity contribution in [1.82, 2.24) is 10.2 Å². The fraction of sp³-hybridized carbons (Fsp3) is 0.353. The van der Waals surface area contributed by atoms with Crippen LogP contribution in [0.25, 0.3) is 0 Å². The molecule has 6 heteroatoms. The number of rotatable bonds is 4. The highest BCUT2D eigenvalue weighted by Gasteiger charge is 2.55. The Hall–Kier alpha value is -2.63. The van der Waals surface area contributed by atoms with E-state index in [-0.39, 0.29) is 24.0 Å². The van der Waals surface area contributed by atoms with Gasteiger partial charge in [0.2, 0.25) is 11.8 Å². The first-order valence-corrected chi connectivity index (χ1v) is 7.77. The number of nitrogens with two attached hydrogens (primary N) is 1. The van der Waals surface area contributed by atoms with Crippen molar-refractivity contribution in [3.8, 4) is 0 Å². The van der Waals surface area contributed by atoms with Crippen molar-refractivity contribution >= 4 is 17.8 Å². The third kappa shape index (κ3) is 2.40. The van der Waals surface area contributed by atoms with E-state index >= 15 is 0 Å². The summed E-state index contributed by atoms with van der Waals surface area (Å²) in [5.41, 5.74) is 7.41. The second-order valence-electron chi connectivity index (χ2n) is 6.54. The second kappa shape index (κ2) is 4.68. The predicted molar refractivity (Wildman–Crippen MR) is 84.5 cm³/mol. The van der Waals surface area contributed by atoms with E-state index < -0.39 is 5.91 Å². The number of hydrogen-bond acceptors (Lipinski definition) is 3. The molecule has 1 saturated heterocycles. The van der Waals surface area contributed by atoms with Crippen LogP contribution in [-0.4, -0.2) is 28.2 Å². The van der Waals surface area contributed by atoms with Crippen molar-refractivity contribution < 1.29 is 9.59 Å². The summed E-state index contributed by atoms with van der Waals surface area (Å²) in [7, 11) is 0. The third-order valence-corrected chi connectivity index (χ3v) is 4.75. The van der Waals surface area contributed by atoms with Gasteiger partial charge in [0, 0.05) is 5.56 Å². The van der Waals surface area contributed by atoms with Crippen LogP contribution in [0.1, 0.15) is 35.2 Å². The predicted octanol–water partition coefficient (Wildman–Crippen LogP) is 1.13. The number of guanidine groups is 1. The van der Waals surface area contributed by atoms with E-state index in [2.05, 4.69) is 11.4 Å². The lowest BCUT2D eigenvalue weighted by Crippen LogP contribution is -2.57. The molecular weight excluding hydrogens is 292 g/mol. The van der Waals surface area contributed by atoms with Gasteiger partial charge in [-0.1, -0.05) is 18.2 Å². The number of carbonyl (C=O) groups is 2. The van der Waals surface area contributed by atoms with Gasteiger partial charge in [0.25, 0.3) is 0 Å². The molecule has 1 heterocycles. The van der Waals surface area contributed by atoms with Gasteiger partial charge in [0.15, 0.2) is 5.96 Å². The molecule has 118 valence electrons. The van der Waals surface area contributed by atoms with E-state index in [1.54, 1.807) is 18.2 Å². The van der Waals surface area contributed by atoms with Gasteiger partial charge >= 0.3 is 0 Å². The molecule has 1 aliphatic heterocycles. The van der Waals surface area contributed by atoms with Crippen molar-refractivity contribution in [1.29, 1.82) is 5.41 Å². The van der Waals surface area contributed by atoms with Crippen LogP contribution in [-0.2, 0) is 11.3 Å². The highest BCUT2D eigenvalue weighted by atomic mass is 16.2. The molecule has 2 aliphatic carbocycles. The Morgan fingerprint density at radius 3 is 2.87 bits per heavy atom. The Bertz CT molecular complexity index is 746. The third-order valence-electron chi connectivity index (χ3n) is 4.75. The minimum Gasteiger partial charge on any atom is -0.366 e. The molecule has 1 saturated carbocycles. The molecular formula is C17H18N4O2. The Balaban J connectivity index is 1.48. The molecule has 0 bridgehead atoms. The number of hydrogen-bond donors (Lipinski definition) is 3. The van der Waals surface area contributed by atoms with Crippen LogP contribution >= 0.6 is 0 Å². The molecule has 1 aromatic rings. The molecule has 0 radical (unpaired) electrons. The Kier molecular flexibility index (Phi) is 2.85. The van der Waals surface area contributed by atoms with E-state index in [0.29, 0.717) is 17.9 Å². The minimum absolute atomic E-state index is 0.0647. The van der Waals surface area contributed by atoms with Crippen molar-refractivity contribution in [2.24, 2.45) is 11.7 Å². The summed E-state index contributed by atoms with van der Waals surface area (Å²) in [5.74, 6) is 0.171. The monoisotopic (exact) mass is 310 g/mol. The maximum atomic E-state index is 12.5. The maximum Gasteiger partial charge on any atom is 0.248 e. The van der Waals surface area contributed by atoms with Crippen LogP contribution in [0.15, 0.2) is 35.9 Å². The topological polar surface area (TPSA) is 99.3 Å². The second-order valence-corrected chi connectivity index (χ2v) is 6.54. The van der Waals surface area contributed by atoms with E-state index in [9.17, 15) is 9.59 Å². The standard InChI is InChI=1S/C17H18N4O2/c18-15(23)12-3-1-2-10(6-12)9-21-14(22)8-17(20-16(21)19)7-13(17)11-4-5-11/h1-3,6-7,11H,4-5,8-9H2,(H2,18,23)(H2,19,20)/t17-/m0/s1. The quantitative estimate of drug-likeness (QED) is 0.727. The maximum absolute atomic E-state index is 12.5. The SMILES string of the molecule is N=C1N[C@@]2(C=C2C2CC2)CC(=O)N1Cc1cccc(C(N)=O)c1. The van der Waals surface area contributed by atoms with Gasteiger partial charge in [-0.05, 0) is 42.0 Å². The van der Waals surface area contributed by atoms with Crippen LogP contribution in [0, 0.1) is 11.3 Å². The molecule has 2 fully saturated rings. The van der Waals surface area contributed by atoms with Crippen LogP contribution in [0.2, 0.25) is 0 Å². The van der Waals surface area contributed by atoms with Crippen molar-refractivity contribution in [3.05, 3.63) is 47.0 Å². The molecule has 23 heavy (non-hydrogen) atoms. The van der Waals surface area contributed by atoms with Crippen LogP contribution in [0.3, 0.4) is 0 Å². The number of benzene rings is 1. The molecule has 3 aliphatic rings. The Labute approximate surface area is 133 Å². The van der Waals surface area contributed by atoms with Crippen LogP contribution < -0.4 is 11.1 Å². The summed E-state index contributed by atoms with van der Waals surface area (Å²) in [5, 5.41) is 11.4. The van der Waals surface area contributed by atoms with E-state index in [4.69, 9.17) is 11.1 Å². The summed E-state index contributed by atoms with van der Waals surface area (Å²) >= 11 is 0. The first kappa shape index (κ1) is 14.0. The van der Waals surface area contributed by atoms with Crippen LogP contribution in [0.4, 0.5) is 0 Å². The number of primary amides is 1. The van der Waals surface area contributed by atoms with Gasteiger partial charge in [-0.15, -0.1) is 0 Å². The lowest BCUT2D eigenvalue weighted by atomic mass is 10.0. The summed E-state index contributed by atoms with van der Waals surface area (Å²) in [6.45, 7) is 0.265. The molecule has 0 unspecified atom stereocenters. The van der Waals surface area contributed by atoms with E-state index in [0.717, 1.165) is 5.56 Å². The zero-order valence-electron chi connectivity index (χ0n) is 12.6.